The lowest BCUT2D eigenvalue weighted by atomic mass is 9.94. The first-order chi connectivity index (χ1) is 17.7. The van der Waals surface area contributed by atoms with Crippen LogP contribution in [0.5, 0.6) is 5.75 Å². The Morgan fingerprint density at radius 3 is 2.62 bits per heavy atom. The summed E-state index contributed by atoms with van der Waals surface area (Å²) in [5.41, 5.74) is 5.09. The highest BCUT2D eigenvalue weighted by molar-refractivity contribution is 9.10. The van der Waals surface area contributed by atoms with Crippen LogP contribution in [0.2, 0.25) is 0 Å². The Hall–Kier alpha value is -3.49. The molecule has 1 amide bonds. The number of amides is 1. The molecule has 1 saturated heterocycles. The zero-order valence-corrected chi connectivity index (χ0v) is 22.8. The maximum atomic E-state index is 13.5. The second-order valence-corrected chi connectivity index (χ2v) is 11.5. The molecule has 2 unspecified atom stereocenters. The molecule has 3 aromatic carbocycles. The molecule has 0 radical (unpaired) electrons. The van der Waals surface area contributed by atoms with Gasteiger partial charge in [-0.1, -0.05) is 45.5 Å². The fraction of sp³-hybridized carbons (Fsp3) is 0.207. The van der Waals surface area contributed by atoms with Gasteiger partial charge in [-0.15, -0.1) is 0 Å². The molecule has 1 N–H and O–H groups in total. The molecule has 2 atom stereocenters. The minimum absolute atomic E-state index is 0.0476. The largest absolute Gasteiger partial charge is 0.507 e. The molecular weight excluding hydrogens is 552 g/mol. The second-order valence-electron chi connectivity index (χ2n) is 9.60. The van der Waals surface area contributed by atoms with Crippen LogP contribution in [0, 0.1) is 13.8 Å². The summed E-state index contributed by atoms with van der Waals surface area (Å²) in [6.07, 6.45) is 0.762. The molecular formula is C29H23BrN2O4S. The van der Waals surface area contributed by atoms with Gasteiger partial charge in [-0.25, -0.2) is 4.98 Å². The number of ether oxygens (including phenoxy) is 1. The van der Waals surface area contributed by atoms with Crippen LogP contribution >= 0.6 is 27.3 Å². The number of ketones is 1. The summed E-state index contributed by atoms with van der Waals surface area (Å²) in [7, 11) is 0. The number of thiazole rings is 1. The molecule has 6 rings (SSSR count). The maximum Gasteiger partial charge on any atom is 0.301 e. The molecule has 2 aliphatic heterocycles. The quantitative estimate of drug-likeness (QED) is 0.169. The minimum atomic E-state index is -0.821. The molecule has 37 heavy (non-hydrogen) atoms. The van der Waals surface area contributed by atoms with Crippen LogP contribution in [-0.4, -0.2) is 27.9 Å². The van der Waals surface area contributed by atoms with Crippen LogP contribution in [0.15, 0.2) is 64.6 Å². The molecule has 0 bridgehead atoms. The number of aryl methyl sites for hydroxylation is 2. The van der Waals surface area contributed by atoms with Gasteiger partial charge in [-0.05, 0) is 79.4 Å². The molecule has 186 valence electrons. The summed E-state index contributed by atoms with van der Waals surface area (Å²) >= 11 is 4.83. The van der Waals surface area contributed by atoms with E-state index < -0.39 is 17.7 Å². The Balaban J connectivity index is 1.54. The Morgan fingerprint density at radius 2 is 1.86 bits per heavy atom. The number of hydrogen-bond acceptors (Lipinski definition) is 6. The number of carbonyl (C=O) groups is 2. The third kappa shape index (κ3) is 3.95. The van der Waals surface area contributed by atoms with Crippen LogP contribution < -0.4 is 9.64 Å². The highest BCUT2D eigenvalue weighted by atomic mass is 79.9. The van der Waals surface area contributed by atoms with E-state index in [1.54, 1.807) is 12.1 Å². The normalized spacial score (nSPS) is 20.5. The Labute approximate surface area is 226 Å². The fourth-order valence-electron chi connectivity index (χ4n) is 5.18. The van der Waals surface area contributed by atoms with Gasteiger partial charge in [0, 0.05) is 16.5 Å². The van der Waals surface area contributed by atoms with Crippen LogP contribution in [0.3, 0.4) is 0 Å². The predicted octanol–water partition coefficient (Wildman–Crippen LogP) is 6.63. The molecule has 1 fully saturated rings. The van der Waals surface area contributed by atoms with Crippen molar-refractivity contribution in [3.63, 3.8) is 0 Å². The van der Waals surface area contributed by atoms with Gasteiger partial charge in [-0.2, -0.15) is 0 Å². The summed E-state index contributed by atoms with van der Waals surface area (Å²) in [6.45, 7) is 5.99. The molecule has 4 aromatic rings. The van der Waals surface area contributed by atoms with Crippen molar-refractivity contribution < 1.29 is 19.4 Å². The van der Waals surface area contributed by atoms with E-state index in [4.69, 9.17) is 9.72 Å². The van der Waals surface area contributed by atoms with Gasteiger partial charge in [0.1, 0.15) is 17.6 Å². The minimum Gasteiger partial charge on any atom is -0.507 e. The van der Waals surface area contributed by atoms with Crippen molar-refractivity contribution in [2.45, 2.75) is 39.3 Å². The van der Waals surface area contributed by atoms with Crippen molar-refractivity contribution in [3.8, 4) is 5.75 Å². The number of aliphatic hydroxyl groups excluding tert-OH is 1. The highest BCUT2D eigenvalue weighted by Crippen LogP contribution is 2.45. The van der Waals surface area contributed by atoms with Gasteiger partial charge in [0.2, 0.25) is 0 Å². The van der Waals surface area contributed by atoms with E-state index in [2.05, 4.69) is 15.9 Å². The Bertz CT molecular complexity index is 1640. The maximum absolute atomic E-state index is 13.5. The molecule has 2 aliphatic rings. The number of anilines is 1. The summed E-state index contributed by atoms with van der Waals surface area (Å²) < 4.78 is 7.60. The van der Waals surface area contributed by atoms with Gasteiger partial charge in [0.25, 0.3) is 5.78 Å². The predicted molar refractivity (Wildman–Crippen MR) is 148 cm³/mol. The third-order valence-electron chi connectivity index (χ3n) is 6.82. The highest BCUT2D eigenvalue weighted by Gasteiger charge is 2.48. The number of halogens is 1. The summed E-state index contributed by atoms with van der Waals surface area (Å²) in [5, 5.41) is 11.9. The lowest BCUT2D eigenvalue weighted by Crippen LogP contribution is -2.29. The lowest BCUT2D eigenvalue weighted by molar-refractivity contribution is -0.132. The first kappa shape index (κ1) is 23.9. The smallest absolute Gasteiger partial charge is 0.301 e. The Morgan fingerprint density at radius 1 is 1.11 bits per heavy atom. The molecule has 0 aliphatic carbocycles. The van der Waals surface area contributed by atoms with Gasteiger partial charge < -0.3 is 9.84 Å². The van der Waals surface area contributed by atoms with Crippen molar-refractivity contribution in [2.75, 3.05) is 4.90 Å². The van der Waals surface area contributed by atoms with Gasteiger partial charge >= 0.3 is 5.91 Å². The average molecular weight is 575 g/mol. The average Bonchev–Trinajstić information content (AvgIpc) is 3.52. The number of Topliss-reactive ketones (excluding diaryl/α,β-unsaturated/α-hetero) is 1. The topological polar surface area (TPSA) is 79.7 Å². The van der Waals surface area contributed by atoms with Crippen molar-refractivity contribution in [1.29, 1.82) is 0 Å². The van der Waals surface area contributed by atoms with Crippen molar-refractivity contribution in [3.05, 3.63) is 92.5 Å². The zero-order chi connectivity index (χ0) is 26.0. The summed E-state index contributed by atoms with van der Waals surface area (Å²) in [5.74, 6) is -0.873. The van der Waals surface area contributed by atoms with Crippen LogP contribution in [0.1, 0.15) is 40.8 Å². The van der Waals surface area contributed by atoms with Crippen molar-refractivity contribution in [1.82, 2.24) is 4.98 Å². The van der Waals surface area contributed by atoms with Crippen molar-refractivity contribution in [2.24, 2.45) is 0 Å². The number of hydrogen-bond donors (Lipinski definition) is 1. The van der Waals surface area contributed by atoms with E-state index in [0.29, 0.717) is 22.7 Å². The molecule has 1 aromatic heterocycles. The number of fused-ring (bicyclic) bond motifs is 2. The zero-order valence-electron chi connectivity index (χ0n) is 20.4. The number of aliphatic hydroxyl groups is 1. The molecule has 6 nitrogen and oxygen atoms in total. The molecule has 8 heteroatoms. The number of rotatable bonds is 3. The Kier molecular flexibility index (Phi) is 5.69. The van der Waals surface area contributed by atoms with Gasteiger partial charge in [-0.3, -0.25) is 14.5 Å². The van der Waals surface area contributed by atoms with Gasteiger partial charge in [0.05, 0.1) is 21.8 Å². The van der Waals surface area contributed by atoms with E-state index in [0.717, 1.165) is 37.1 Å². The number of aromatic nitrogens is 1. The monoisotopic (exact) mass is 574 g/mol. The molecule has 0 spiro atoms. The van der Waals surface area contributed by atoms with Crippen LogP contribution in [0.25, 0.3) is 16.0 Å². The van der Waals surface area contributed by atoms with E-state index >= 15 is 0 Å². The fourth-order valence-corrected chi connectivity index (χ4v) is 6.61. The number of benzene rings is 3. The molecule has 0 saturated carbocycles. The SMILES string of the molecule is Cc1cc(C)c2nc(N3C(=O)C(=O)/C(=C(\O)c4ccc5c(c4)CC(C)O5)C3c3ccc(Br)cc3)sc2c1. The number of carbonyl (C=O) groups excluding carboxylic acids is 2. The number of nitrogens with zero attached hydrogens (tertiary/aromatic N) is 2. The first-order valence-corrected chi connectivity index (χ1v) is 13.6. The van der Waals surface area contributed by atoms with Crippen LogP contribution in [0.4, 0.5) is 5.13 Å². The lowest BCUT2D eigenvalue weighted by Gasteiger charge is -2.23. The van der Waals surface area contributed by atoms with E-state index in [1.807, 2.05) is 63.2 Å². The van der Waals surface area contributed by atoms with E-state index in [9.17, 15) is 14.7 Å². The van der Waals surface area contributed by atoms with Gasteiger partial charge in [0.15, 0.2) is 5.13 Å². The second kappa shape index (κ2) is 8.82. The van der Waals surface area contributed by atoms with E-state index in [1.165, 1.54) is 16.2 Å². The summed E-state index contributed by atoms with van der Waals surface area (Å²) in [6, 6.07) is 16.0. The molecule has 3 heterocycles. The van der Waals surface area contributed by atoms with E-state index in [-0.39, 0.29) is 17.4 Å². The van der Waals surface area contributed by atoms with Crippen molar-refractivity contribution >= 4 is 60.1 Å². The van der Waals surface area contributed by atoms with Crippen LogP contribution in [-0.2, 0) is 16.0 Å². The standard InChI is InChI=1S/C29H23BrN2O4S/c1-14-10-15(2)24-22(11-14)37-29(31-24)32-25(17-4-7-20(30)8-5-17)23(27(34)28(32)35)26(33)18-6-9-21-19(13-18)12-16(3)36-21/h4-11,13,16,25,33H,12H2,1-3H3/b26-23-. The summed E-state index contributed by atoms with van der Waals surface area (Å²) in [4.78, 5) is 33.2. The first-order valence-electron chi connectivity index (χ1n) is 12.0. The third-order valence-corrected chi connectivity index (χ3v) is 8.35.